The molecule has 9 nitrogen and oxygen atoms in total. The molecular formula is C32H41F3N4O5. The minimum Gasteiger partial charge on any atom is -0.471 e. The van der Waals surface area contributed by atoms with E-state index in [0.29, 0.717) is 25.7 Å². The molecule has 240 valence electrons. The molecule has 1 aromatic heterocycles. The Morgan fingerprint density at radius 2 is 1.86 bits per heavy atom. The van der Waals surface area contributed by atoms with Gasteiger partial charge in [0.25, 0.3) is 5.92 Å². The number of alkyl carbamates (subject to hydrolysis) is 1. The number of fused-ring (bicyclic) bond motifs is 8. The normalized spacial score (nSPS) is 31.1. The van der Waals surface area contributed by atoms with Crippen LogP contribution in [0.5, 0.6) is 5.88 Å². The Bertz CT molecular complexity index is 1460. The number of amides is 2. The van der Waals surface area contributed by atoms with Gasteiger partial charge in [-0.3, -0.25) is 9.59 Å². The Labute approximate surface area is 255 Å². The smallest absolute Gasteiger partial charge is 0.408 e. The Morgan fingerprint density at radius 1 is 1.16 bits per heavy atom. The molecule has 2 amide bonds. The maximum atomic E-state index is 15.9. The Kier molecular flexibility index (Phi) is 8.35. The zero-order valence-electron chi connectivity index (χ0n) is 26.1. The van der Waals surface area contributed by atoms with Crippen LogP contribution >= 0.6 is 0 Å². The van der Waals surface area contributed by atoms with Crippen LogP contribution in [-0.2, 0) is 20.2 Å². The summed E-state index contributed by atoms with van der Waals surface area (Å²) in [6, 6.07) is 1.56. The molecule has 1 aliphatic carbocycles. The van der Waals surface area contributed by atoms with E-state index in [1.165, 1.54) is 17.9 Å². The average Bonchev–Trinajstić information content (AvgIpc) is 3.27. The Hall–Kier alpha value is -3.44. The molecule has 3 aliphatic heterocycles. The molecule has 0 spiro atoms. The third-order valence-corrected chi connectivity index (χ3v) is 9.23. The lowest BCUT2D eigenvalue weighted by Crippen LogP contribution is -2.58. The third-order valence-electron chi connectivity index (χ3n) is 9.23. The molecule has 1 N–H and O–H groups in total. The molecule has 6 rings (SSSR count). The van der Waals surface area contributed by atoms with Gasteiger partial charge in [-0.25, -0.2) is 19.2 Å². The van der Waals surface area contributed by atoms with E-state index in [1.54, 1.807) is 27.7 Å². The van der Waals surface area contributed by atoms with Gasteiger partial charge >= 0.3 is 6.09 Å². The number of hydrogen-bond acceptors (Lipinski definition) is 7. The van der Waals surface area contributed by atoms with Gasteiger partial charge in [-0.1, -0.05) is 27.7 Å². The fourth-order valence-electron chi connectivity index (χ4n) is 7.08. The predicted molar refractivity (Wildman–Crippen MR) is 156 cm³/mol. The Balaban J connectivity index is 1.60. The highest BCUT2D eigenvalue weighted by Gasteiger charge is 2.51. The summed E-state index contributed by atoms with van der Waals surface area (Å²) >= 11 is 0. The Morgan fingerprint density at radius 3 is 2.50 bits per heavy atom. The van der Waals surface area contributed by atoms with Crippen LogP contribution in [0.1, 0.15) is 85.8 Å². The summed E-state index contributed by atoms with van der Waals surface area (Å²) in [6.45, 7) is 10.3. The van der Waals surface area contributed by atoms with Gasteiger partial charge in [0.05, 0.1) is 23.6 Å². The number of hydrogen-bond donors (Lipinski definition) is 1. The van der Waals surface area contributed by atoms with Crippen molar-refractivity contribution in [2.24, 2.45) is 17.3 Å². The van der Waals surface area contributed by atoms with Gasteiger partial charge in [0.1, 0.15) is 23.6 Å². The number of nitrogens with zero attached hydrogens (tertiary/aromatic N) is 3. The van der Waals surface area contributed by atoms with Gasteiger partial charge in [0.15, 0.2) is 11.5 Å². The number of ether oxygens (including phenoxy) is 2. The molecule has 2 aromatic rings. The van der Waals surface area contributed by atoms with E-state index in [4.69, 9.17) is 9.47 Å². The van der Waals surface area contributed by atoms with Crippen LogP contribution < -0.4 is 10.1 Å². The number of benzene rings is 1. The first-order chi connectivity index (χ1) is 20.5. The summed E-state index contributed by atoms with van der Waals surface area (Å²) < 4.78 is 57.9. The SMILES string of the molecule is CC[C@@H]1[C@@H]2CN(C(=O)[C@H](C(C)(C)C)NC(=O)OC3(C)CC(CCCC(F)(F)c4nc5ccc(F)cc5nc4O2)C3)[C@@H]1C(C)=O. The fourth-order valence-corrected chi connectivity index (χ4v) is 7.08. The standard InChI is InChI=1S/C32H41F3N4O5/c1-7-20-23-16-39(24(20)17(2)40)28(41)26(30(3,4)5)38-29(42)44-31(6)14-18(15-31)9-8-12-32(34,35)25-27(43-23)37-22-13-19(33)10-11-21(22)36-25/h10-11,13,18,20,23-24,26H,7-9,12,14-16H2,1-6H3,(H,38,42)/t18?,20-,23+,24-,26-,31?/m1/s1. The van der Waals surface area contributed by atoms with Crippen molar-refractivity contribution in [3.05, 3.63) is 29.7 Å². The second-order valence-corrected chi connectivity index (χ2v) is 13.9. The fraction of sp³-hybridized carbons (Fsp3) is 0.656. The number of Topliss-reactive ketones (excluding diaryl/α,β-unsaturated/α-hetero) is 1. The second-order valence-electron chi connectivity index (χ2n) is 13.9. The van der Waals surface area contributed by atoms with Gasteiger partial charge in [0.2, 0.25) is 11.8 Å². The van der Waals surface area contributed by atoms with Crippen molar-refractivity contribution in [1.82, 2.24) is 20.2 Å². The third kappa shape index (κ3) is 6.21. The maximum absolute atomic E-state index is 15.9. The molecule has 12 heteroatoms. The van der Waals surface area contributed by atoms with Crippen LogP contribution in [0, 0.1) is 23.1 Å². The highest BCUT2D eigenvalue weighted by atomic mass is 19.3. The molecule has 1 saturated carbocycles. The van der Waals surface area contributed by atoms with Gasteiger partial charge in [-0.05, 0) is 69.4 Å². The topological polar surface area (TPSA) is 111 Å². The minimum absolute atomic E-state index is 0.0491. The van der Waals surface area contributed by atoms with Crippen molar-refractivity contribution in [2.75, 3.05) is 6.54 Å². The van der Waals surface area contributed by atoms with Crippen LogP contribution in [0.2, 0.25) is 0 Å². The second kappa shape index (κ2) is 11.5. The van der Waals surface area contributed by atoms with E-state index >= 15 is 8.78 Å². The van der Waals surface area contributed by atoms with Crippen molar-refractivity contribution < 1.29 is 37.0 Å². The lowest BCUT2D eigenvalue weighted by Gasteiger charge is -2.45. The van der Waals surface area contributed by atoms with Gasteiger partial charge in [-0.2, -0.15) is 8.78 Å². The molecule has 0 unspecified atom stereocenters. The van der Waals surface area contributed by atoms with E-state index in [1.807, 2.05) is 6.92 Å². The first kappa shape index (κ1) is 32.0. The van der Waals surface area contributed by atoms with E-state index in [9.17, 15) is 18.8 Å². The van der Waals surface area contributed by atoms with Crippen LogP contribution in [0.15, 0.2) is 18.2 Å². The number of carbonyl (C=O) groups excluding carboxylic acids is 3. The van der Waals surface area contributed by atoms with Gasteiger partial charge < -0.3 is 19.7 Å². The van der Waals surface area contributed by atoms with E-state index in [-0.39, 0.29) is 35.7 Å². The molecule has 0 radical (unpaired) electrons. The molecule has 44 heavy (non-hydrogen) atoms. The number of rotatable bonds is 2. The van der Waals surface area contributed by atoms with Crippen LogP contribution in [0.3, 0.4) is 0 Å². The highest BCUT2D eigenvalue weighted by molar-refractivity contribution is 5.92. The van der Waals surface area contributed by atoms with Crippen molar-refractivity contribution in [3.63, 3.8) is 0 Å². The van der Waals surface area contributed by atoms with Gasteiger partial charge in [-0.15, -0.1) is 0 Å². The number of alkyl halides is 2. The number of carbonyl (C=O) groups is 3. The van der Waals surface area contributed by atoms with E-state index < -0.39 is 76.9 Å². The molecule has 4 heterocycles. The molecule has 1 saturated heterocycles. The number of halogens is 3. The summed E-state index contributed by atoms with van der Waals surface area (Å²) in [4.78, 5) is 50.2. The van der Waals surface area contributed by atoms with Crippen molar-refractivity contribution in [2.45, 2.75) is 110 Å². The quantitative estimate of drug-likeness (QED) is 0.444. The summed E-state index contributed by atoms with van der Waals surface area (Å²) in [6.07, 6.45) is -0.0752. The first-order valence-corrected chi connectivity index (χ1v) is 15.3. The number of ketones is 1. The highest BCUT2D eigenvalue weighted by Crippen LogP contribution is 2.46. The molecule has 1 aromatic carbocycles. The summed E-state index contributed by atoms with van der Waals surface area (Å²) in [5, 5.41) is 2.76. The average molecular weight is 619 g/mol. The lowest BCUT2D eigenvalue weighted by molar-refractivity contribution is -0.142. The van der Waals surface area contributed by atoms with E-state index in [2.05, 4.69) is 15.3 Å². The molecule has 4 aliphatic rings. The molecule has 2 fully saturated rings. The van der Waals surface area contributed by atoms with Crippen molar-refractivity contribution >= 4 is 28.8 Å². The van der Waals surface area contributed by atoms with Crippen LogP contribution in [-0.4, -0.2) is 63.0 Å². The van der Waals surface area contributed by atoms with Crippen LogP contribution in [0.4, 0.5) is 18.0 Å². The molecule has 4 bridgehead atoms. The zero-order valence-corrected chi connectivity index (χ0v) is 26.1. The minimum atomic E-state index is -3.42. The predicted octanol–water partition coefficient (Wildman–Crippen LogP) is 5.93. The molecule has 4 atom stereocenters. The zero-order chi connectivity index (χ0) is 32.2. The van der Waals surface area contributed by atoms with Crippen LogP contribution in [0.25, 0.3) is 11.0 Å². The summed E-state index contributed by atoms with van der Waals surface area (Å²) in [7, 11) is 0. The van der Waals surface area contributed by atoms with E-state index in [0.717, 1.165) is 12.1 Å². The van der Waals surface area contributed by atoms with Gasteiger partial charge in [0, 0.05) is 18.4 Å². The lowest BCUT2D eigenvalue weighted by atomic mass is 9.70. The molecular weight excluding hydrogens is 577 g/mol. The van der Waals surface area contributed by atoms with Crippen molar-refractivity contribution in [1.29, 1.82) is 0 Å². The monoisotopic (exact) mass is 618 g/mol. The number of nitrogens with one attached hydrogen (secondary N) is 1. The maximum Gasteiger partial charge on any atom is 0.408 e. The van der Waals surface area contributed by atoms with Crippen molar-refractivity contribution in [3.8, 4) is 5.88 Å². The summed E-state index contributed by atoms with van der Waals surface area (Å²) in [5.41, 5.74) is -2.04. The number of aromatic nitrogens is 2. The largest absolute Gasteiger partial charge is 0.471 e. The first-order valence-electron chi connectivity index (χ1n) is 15.3. The summed E-state index contributed by atoms with van der Waals surface area (Å²) in [5.74, 6) is -5.76.